The lowest BCUT2D eigenvalue weighted by molar-refractivity contribution is 1.10. The van der Waals surface area contributed by atoms with Crippen molar-refractivity contribution in [3.8, 4) is 0 Å². The molecule has 0 unspecified atom stereocenters. The van der Waals surface area contributed by atoms with Crippen LogP contribution in [0.15, 0.2) is 36.9 Å². The predicted molar refractivity (Wildman–Crippen MR) is 65.5 cm³/mol. The number of nitrogens with one attached hydrogen (secondary N) is 1. The second-order valence-corrected chi connectivity index (χ2v) is 3.97. The second kappa shape index (κ2) is 4.94. The van der Waals surface area contributed by atoms with Crippen molar-refractivity contribution in [2.24, 2.45) is 0 Å². The molecule has 0 saturated carbocycles. The minimum atomic E-state index is 0.716. The van der Waals surface area contributed by atoms with Crippen LogP contribution < -0.4 is 5.32 Å². The minimum Gasteiger partial charge on any atom is -0.378 e. The van der Waals surface area contributed by atoms with E-state index in [0.717, 1.165) is 21.8 Å². The van der Waals surface area contributed by atoms with Gasteiger partial charge in [0.05, 0.1) is 18.1 Å². The molecule has 0 atom stereocenters. The molecule has 0 aliphatic heterocycles. The summed E-state index contributed by atoms with van der Waals surface area (Å²) in [7, 11) is 0. The average Bonchev–Trinajstić information content (AvgIpc) is 2.32. The summed E-state index contributed by atoms with van der Waals surface area (Å²) >= 11 is 6.04. The van der Waals surface area contributed by atoms with Crippen LogP contribution in [0.25, 0.3) is 0 Å². The zero-order chi connectivity index (χ0) is 11.4. The van der Waals surface area contributed by atoms with E-state index in [1.807, 2.05) is 19.1 Å². The Morgan fingerprint density at radius 2 is 2.00 bits per heavy atom. The Bertz CT molecular complexity index is 471. The van der Waals surface area contributed by atoms with E-state index in [1.54, 1.807) is 12.4 Å². The Hall–Kier alpha value is -1.61. The van der Waals surface area contributed by atoms with Gasteiger partial charge in [-0.3, -0.25) is 0 Å². The Morgan fingerprint density at radius 3 is 2.69 bits per heavy atom. The summed E-state index contributed by atoms with van der Waals surface area (Å²) in [5.41, 5.74) is 3.13. The molecule has 0 fully saturated rings. The fourth-order valence-corrected chi connectivity index (χ4v) is 1.54. The lowest BCUT2D eigenvalue weighted by Crippen LogP contribution is -2.00. The number of aryl methyl sites for hydroxylation is 1. The van der Waals surface area contributed by atoms with Crippen molar-refractivity contribution in [3.63, 3.8) is 0 Å². The molecule has 0 radical (unpaired) electrons. The molecule has 1 heterocycles. The topological polar surface area (TPSA) is 37.8 Å². The van der Waals surface area contributed by atoms with Crippen LogP contribution in [0.4, 0.5) is 5.69 Å². The molecular weight excluding hydrogens is 222 g/mol. The third-order valence-electron chi connectivity index (χ3n) is 2.29. The molecule has 4 heteroatoms. The second-order valence-electron chi connectivity index (χ2n) is 3.56. The standard InChI is InChI=1S/C12H12ClN3/c1-9-2-3-10(4-12(9)13)5-16-11-6-14-8-15-7-11/h2-4,6-8,16H,5H2,1H3. The van der Waals surface area contributed by atoms with Gasteiger partial charge in [-0.2, -0.15) is 0 Å². The first-order chi connectivity index (χ1) is 7.75. The average molecular weight is 234 g/mol. The van der Waals surface area contributed by atoms with Crippen molar-refractivity contribution in [3.05, 3.63) is 53.1 Å². The van der Waals surface area contributed by atoms with Gasteiger partial charge < -0.3 is 5.32 Å². The van der Waals surface area contributed by atoms with Gasteiger partial charge in [0.1, 0.15) is 6.33 Å². The smallest absolute Gasteiger partial charge is 0.115 e. The monoisotopic (exact) mass is 233 g/mol. The molecule has 0 spiro atoms. The van der Waals surface area contributed by atoms with Crippen LogP contribution >= 0.6 is 11.6 Å². The van der Waals surface area contributed by atoms with Crippen LogP contribution in [0.3, 0.4) is 0 Å². The fraction of sp³-hybridized carbons (Fsp3) is 0.167. The van der Waals surface area contributed by atoms with Crippen molar-refractivity contribution >= 4 is 17.3 Å². The predicted octanol–water partition coefficient (Wildman–Crippen LogP) is 3.05. The van der Waals surface area contributed by atoms with Crippen LogP contribution in [0.1, 0.15) is 11.1 Å². The summed E-state index contributed by atoms with van der Waals surface area (Å²) in [4.78, 5) is 7.86. The molecule has 3 nitrogen and oxygen atoms in total. The van der Waals surface area contributed by atoms with Crippen molar-refractivity contribution in [1.29, 1.82) is 0 Å². The van der Waals surface area contributed by atoms with E-state index in [0.29, 0.717) is 6.54 Å². The SMILES string of the molecule is Cc1ccc(CNc2cncnc2)cc1Cl. The van der Waals surface area contributed by atoms with Crippen molar-refractivity contribution < 1.29 is 0 Å². The van der Waals surface area contributed by atoms with E-state index in [9.17, 15) is 0 Å². The van der Waals surface area contributed by atoms with Crippen LogP contribution in [0.5, 0.6) is 0 Å². The van der Waals surface area contributed by atoms with Gasteiger partial charge in [0.15, 0.2) is 0 Å². The van der Waals surface area contributed by atoms with E-state index < -0.39 is 0 Å². The zero-order valence-electron chi connectivity index (χ0n) is 8.94. The molecule has 2 aromatic rings. The van der Waals surface area contributed by atoms with Gasteiger partial charge in [-0.15, -0.1) is 0 Å². The largest absolute Gasteiger partial charge is 0.378 e. The normalized spacial score (nSPS) is 10.1. The van der Waals surface area contributed by atoms with Gasteiger partial charge in [-0.1, -0.05) is 23.7 Å². The molecule has 82 valence electrons. The molecule has 0 aliphatic rings. The summed E-state index contributed by atoms with van der Waals surface area (Å²) < 4.78 is 0. The molecule has 16 heavy (non-hydrogen) atoms. The van der Waals surface area contributed by atoms with Crippen LogP contribution in [-0.4, -0.2) is 9.97 Å². The number of halogens is 1. The third kappa shape index (κ3) is 2.70. The molecule has 1 aromatic carbocycles. The maximum absolute atomic E-state index is 6.04. The van der Waals surface area contributed by atoms with Crippen LogP contribution in [-0.2, 0) is 6.54 Å². The number of nitrogens with zero attached hydrogens (tertiary/aromatic N) is 2. The zero-order valence-corrected chi connectivity index (χ0v) is 9.70. The van der Waals surface area contributed by atoms with Gasteiger partial charge in [-0.05, 0) is 24.1 Å². The molecule has 0 amide bonds. The maximum atomic E-state index is 6.04. The van der Waals surface area contributed by atoms with Crippen molar-refractivity contribution in [2.75, 3.05) is 5.32 Å². The van der Waals surface area contributed by atoms with Gasteiger partial charge in [0, 0.05) is 11.6 Å². The number of aromatic nitrogens is 2. The lowest BCUT2D eigenvalue weighted by atomic mass is 10.1. The number of hydrogen-bond donors (Lipinski definition) is 1. The van der Waals surface area contributed by atoms with E-state index in [1.165, 1.54) is 6.33 Å². The Balaban J connectivity index is 2.03. The Morgan fingerprint density at radius 1 is 1.25 bits per heavy atom. The number of benzene rings is 1. The van der Waals surface area contributed by atoms with Crippen LogP contribution in [0.2, 0.25) is 5.02 Å². The highest BCUT2D eigenvalue weighted by Gasteiger charge is 1.98. The Labute approximate surface area is 99.5 Å². The molecule has 1 aromatic heterocycles. The summed E-state index contributed by atoms with van der Waals surface area (Å²) in [6.07, 6.45) is 4.99. The lowest BCUT2D eigenvalue weighted by Gasteiger charge is -2.06. The van der Waals surface area contributed by atoms with E-state index >= 15 is 0 Å². The quantitative estimate of drug-likeness (QED) is 0.886. The number of rotatable bonds is 3. The summed E-state index contributed by atoms with van der Waals surface area (Å²) in [5, 5.41) is 4.02. The van der Waals surface area contributed by atoms with Crippen LogP contribution in [0, 0.1) is 6.92 Å². The molecule has 2 rings (SSSR count). The molecule has 0 bridgehead atoms. The minimum absolute atomic E-state index is 0.716. The first-order valence-corrected chi connectivity index (χ1v) is 5.37. The van der Waals surface area contributed by atoms with Gasteiger partial charge in [0.2, 0.25) is 0 Å². The van der Waals surface area contributed by atoms with E-state index in [4.69, 9.17) is 11.6 Å². The molecule has 0 aliphatic carbocycles. The highest BCUT2D eigenvalue weighted by molar-refractivity contribution is 6.31. The number of hydrogen-bond acceptors (Lipinski definition) is 3. The molecular formula is C12H12ClN3. The third-order valence-corrected chi connectivity index (χ3v) is 2.70. The van der Waals surface area contributed by atoms with E-state index in [2.05, 4.69) is 21.4 Å². The molecule has 0 saturated heterocycles. The first-order valence-electron chi connectivity index (χ1n) is 4.99. The van der Waals surface area contributed by atoms with Gasteiger partial charge in [0.25, 0.3) is 0 Å². The summed E-state index contributed by atoms with van der Waals surface area (Å²) in [6, 6.07) is 6.03. The fourth-order valence-electron chi connectivity index (χ4n) is 1.34. The highest BCUT2D eigenvalue weighted by Crippen LogP contribution is 2.17. The van der Waals surface area contributed by atoms with Crippen molar-refractivity contribution in [1.82, 2.24) is 9.97 Å². The van der Waals surface area contributed by atoms with Gasteiger partial charge >= 0.3 is 0 Å². The summed E-state index contributed by atoms with van der Waals surface area (Å²) in [6.45, 7) is 2.71. The highest BCUT2D eigenvalue weighted by atomic mass is 35.5. The van der Waals surface area contributed by atoms with E-state index in [-0.39, 0.29) is 0 Å². The molecule has 1 N–H and O–H groups in total. The number of anilines is 1. The first kappa shape index (κ1) is 10.9. The maximum Gasteiger partial charge on any atom is 0.115 e. The van der Waals surface area contributed by atoms with Crippen molar-refractivity contribution in [2.45, 2.75) is 13.5 Å². The van der Waals surface area contributed by atoms with Gasteiger partial charge in [-0.25, -0.2) is 9.97 Å². The Kier molecular flexibility index (Phi) is 3.37. The summed E-state index contributed by atoms with van der Waals surface area (Å²) in [5.74, 6) is 0.